The first kappa shape index (κ1) is 11.6. The summed E-state index contributed by atoms with van der Waals surface area (Å²) < 4.78 is 0. The molecule has 0 spiro atoms. The molecule has 1 N–H and O–H groups in total. The van der Waals surface area contributed by atoms with Crippen LogP contribution in [-0.2, 0) is 6.42 Å². The minimum absolute atomic E-state index is 0.526. The van der Waals surface area contributed by atoms with Gasteiger partial charge in [-0.3, -0.25) is 0 Å². The molecule has 0 aliphatic heterocycles. The maximum Gasteiger partial charge on any atom is 0.188 e. The Morgan fingerprint density at radius 1 is 1.53 bits per heavy atom. The Morgan fingerprint density at radius 2 is 2.35 bits per heavy atom. The van der Waals surface area contributed by atoms with Gasteiger partial charge in [0.15, 0.2) is 5.13 Å². The maximum absolute atomic E-state index is 8.96. The molecule has 0 amide bonds. The number of hydrogen-bond donors (Lipinski definition) is 1. The minimum Gasteiger partial charge on any atom is -0.315 e. The normalized spacial score (nSPS) is 9.94. The Bertz CT molecular complexity index is 568. The predicted octanol–water partition coefficient (Wildman–Crippen LogP) is 3.02. The average molecular weight is 244 g/mol. The van der Waals surface area contributed by atoms with Crippen molar-refractivity contribution in [1.29, 1.82) is 5.26 Å². The fourth-order valence-corrected chi connectivity index (χ4v) is 2.41. The zero-order chi connectivity index (χ0) is 12.3. The second-order valence-electron chi connectivity index (χ2n) is 3.51. The number of anilines is 2. The summed E-state index contributed by atoms with van der Waals surface area (Å²) in [5, 5.41) is 12.8. The van der Waals surface area contributed by atoms with Gasteiger partial charge in [-0.05, 0) is 25.5 Å². The molecule has 0 aromatic carbocycles. The molecule has 0 aliphatic carbocycles. The van der Waals surface area contributed by atoms with Crippen LogP contribution in [0.5, 0.6) is 0 Å². The maximum atomic E-state index is 8.96. The molecule has 5 heteroatoms. The quantitative estimate of drug-likeness (QED) is 0.901. The summed E-state index contributed by atoms with van der Waals surface area (Å²) in [6, 6.07) is 5.58. The number of hydrogen-bond acceptors (Lipinski definition) is 5. The highest BCUT2D eigenvalue weighted by Gasteiger charge is 2.08. The molecule has 4 nitrogen and oxygen atoms in total. The van der Waals surface area contributed by atoms with Crippen molar-refractivity contribution in [2.24, 2.45) is 0 Å². The van der Waals surface area contributed by atoms with Crippen LogP contribution in [0.2, 0.25) is 0 Å². The summed E-state index contributed by atoms with van der Waals surface area (Å²) >= 11 is 1.58. The summed E-state index contributed by atoms with van der Waals surface area (Å²) in [7, 11) is 0. The third-order valence-corrected chi connectivity index (χ3v) is 3.31. The van der Waals surface area contributed by atoms with Gasteiger partial charge in [0.25, 0.3) is 0 Å². The van der Waals surface area contributed by atoms with Gasteiger partial charge in [0, 0.05) is 11.1 Å². The Morgan fingerprint density at radius 3 is 3.00 bits per heavy atom. The number of pyridine rings is 1. The van der Waals surface area contributed by atoms with E-state index in [-0.39, 0.29) is 0 Å². The molecule has 0 aliphatic rings. The molecule has 0 saturated carbocycles. The van der Waals surface area contributed by atoms with Crippen LogP contribution in [0.25, 0.3) is 0 Å². The number of nitrogens with zero attached hydrogens (tertiary/aromatic N) is 3. The molecule has 0 bridgehead atoms. The Hall–Kier alpha value is -1.93. The van der Waals surface area contributed by atoms with Crippen molar-refractivity contribution >= 4 is 22.3 Å². The molecular formula is C12H12N4S. The smallest absolute Gasteiger partial charge is 0.188 e. The first-order valence-electron chi connectivity index (χ1n) is 5.33. The van der Waals surface area contributed by atoms with E-state index in [0.717, 1.165) is 17.2 Å². The van der Waals surface area contributed by atoms with Gasteiger partial charge in [0.2, 0.25) is 0 Å². The Labute approximate surface area is 104 Å². The van der Waals surface area contributed by atoms with Crippen LogP contribution >= 0.6 is 11.3 Å². The van der Waals surface area contributed by atoms with Gasteiger partial charge in [-0.2, -0.15) is 5.26 Å². The van der Waals surface area contributed by atoms with E-state index >= 15 is 0 Å². The molecular weight excluding hydrogens is 232 g/mol. The second-order valence-corrected chi connectivity index (χ2v) is 4.72. The lowest BCUT2D eigenvalue weighted by Crippen LogP contribution is -1.96. The van der Waals surface area contributed by atoms with Crippen molar-refractivity contribution in [2.45, 2.75) is 20.3 Å². The highest BCUT2D eigenvalue weighted by atomic mass is 32.1. The van der Waals surface area contributed by atoms with E-state index in [1.807, 2.05) is 6.92 Å². The highest BCUT2D eigenvalue weighted by molar-refractivity contribution is 7.15. The van der Waals surface area contributed by atoms with E-state index in [2.05, 4.69) is 28.3 Å². The van der Waals surface area contributed by atoms with Crippen LogP contribution in [0.4, 0.5) is 10.9 Å². The van der Waals surface area contributed by atoms with Gasteiger partial charge in [-0.15, -0.1) is 11.3 Å². The van der Waals surface area contributed by atoms with Crippen molar-refractivity contribution in [2.75, 3.05) is 5.32 Å². The van der Waals surface area contributed by atoms with Gasteiger partial charge in [-0.25, -0.2) is 9.97 Å². The lowest BCUT2D eigenvalue weighted by molar-refractivity contribution is 1.04. The van der Waals surface area contributed by atoms with Crippen LogP contribution in [0.3, 0.4) is 0 Å². The number of rotatable bonds is 3. The molecule has 0 saturated heterocycles. The number of nitriles is 1. The molecule has 2 aromatic heterocycles. The standard InChI is InChI=1S/C12H12N4S/c1-3-10-8(2)17-12(15-10)16-11-9(7-13)5-4-6-14-11/h4-6H,3H2,1-2H3,(H,14,15,16). The number of aromatic nitrogens is 2. The molecule has 0 radical (unpaired) electrons. The topological polar surface area (TPSA) is 61.6 Å². The second kappa shape index (κ2) is 4.93. The average Bonchev–Trinajstić information content (AvgIpc) is 2.70. The van der Waals surface area contributed by atoms with Gasteiger partial charge < -0.3 is 5.32 Å². The number of thiazole rings is 1. The first-order chi connectivity index (χ1) is 8.24. The lowest BCUT2D eigenvalue weighted by atomic mass is 10.3. The number of aryl methyl sites for hydroxylation is 2. The summed E-state index contributed by atoms with van der Waals surface area (Å²) in [4.78, 5) is 9.80. The highest BCUT2D eigenvalue weighted by Crippen LogP contribution is 2.25. The Balaban J connectivity index is 2.29. The molecule has 0 atom stereocenters. The van der Waals surface area contributed by atoms with E-state index in [0.29, 0.717) is 11.4 Å². The zero-order valence-electron chi connectivity index (χ0n) is 9.69. The van der Waals surface area contributed by atoms with Crippen LogP contribution < -0.4 is 5.32 Å². The monoisotopic (exact) mass is 244 g/mol. The van der Waals surface area contributed by atoms with E-state index in [1.54, 1.807) is 29.7 Å². The Kier molecular flexibility index (Phi) is 3.35. The van der Waals surface area contributed by atoms with Gasteiger partial charge in [0.05, 0.1) is 11.3 Å². The van der Waals surface area contributed by atoms with Crippen LogP contribution in [-0.4, -0.2) is 9.97 Å². The van der Waals surface area contributed by atoms with Gasteiger partial charge >= 0.3 is 0 Å². The minimum atomic E-state index is 0.526. The summed E-state index contributed by atoms with van der Waals surface area (Å²) in [5.41, 5.74) is 1.62. The van der Waals surface area contributed by atoms with Crippen molar-refractivity contribution in [3.8, 4) is 6.07 Å². The molecule has 0 fully saturated rings. The lowest BCUT2D eigenvalue weighted by Gasteiger charge is -2.02. The third kappa shape index (κ3) is 2.43. The summed E-state index contributed by atoms with van der Waals surface area (Å²) in [6.07, 6.45) is 2.57. The van der Waals surface area contributed by atoms with E-state index in [4.69, 9.17) is 5.26 Å². The molecule has 86 valence electrons. The zero-order valence-corrected chi connectivity index (χ0v) is 10.5. The number of nitrogens with one attached hydrogen (secondary N) is 1. The summed E-state index contributed by atoms with van der Waals surface area (Å²) in [5.74, 6) is 0.561. The molecule has 2 rings (SSSR count). The molecule has 17 heavy (non-hydrogen) atoms. The van der Waals surface area contributed by atoms with Crippen molar-refractivity contribution in [3.63, 3.8) is 0 Å². The van der Waals surface area contributed by atoms with Crippen molar-refractivity contribution < 1.29 is 0 Å². The van der Waals surface area contributed by atoms with Crippen molar-refractivity contribution in [3.05, 3.63) is 34.5 Å². The van der Waals surface area contributed by atoms with Gasteiger partial charge in [0.1, 0.15) is 11.9 Å². The molecule has 2 aromatic rings. The molecule has 2 heterocycles. The predicted molar refractivity (Wildman–Crippen MR) is 68.5 cm³/mol. The summed E-state index contributed by atoms with van der Waals surface area (Å²) in [6.45, 7) is 4.12. The first-order valence-corrected chi connectivity index (χ1v) is 6.14. The van der Waals surface area contributed by atoms with E-state index < -0.39 is 0 Å². The third-order valence-electron chi connectivity index (χ3n) is 2.38. The van der Waals surface area contributed by atoms with Crippen LogP contribution in [0.1, 0.15) is 23.1 Å². The van der Waals surface area contributed by atoms with Crippen LogP contribution in [0, 0.1) is 18.3 Å². The van der Waals surface area contributed by atoms with E-state index in [9.17, 15) is 0 Å². The fourth-order valence-electron chi connectivity index (χ4n) is 1.51. The van der Waals surface area contributed by atoms with Crippen LogP contribution in [0.15, 0.2) is 18.3 Å². The van der Waals surface area contributed by atoms with Gasteiger partial charge in [-0.1, -0.05) is 6.92 Å². The fraction of sp³-hybridized carbons (Fsp3) is 0.250. The molecule has 0 unspecified atom stereocenters. The van der Waals surface area contributed by atoms with E-state index in [1.165, 1.54) is 4.88 Å². The SMILES string of the molecule is CCc1nc(Nc2ncccc2C#N)sc1C. The van der Waals surface area contributed by atoms with Crippen molar-refractivity contribution in [1.82, 2.24) is 9.97 Å². The largest absolute Gasteiger partial charge is 0.315 e.